The molecule has 1 aromatic heterocycles. The lowest BCUT2D eigenvalue weighted by Crippen LogP contribution is -2.40. The normalized spacial score (nSPS) is 18.4. The monoisotopic (exact) mass is 551 g/mol. The minimum Gasteiger partial charge on any atom is -0.462 e. The number of aliphatic imine (C=N–C) groups is 1. The van der Waals surface area contributed by atoms with Gasteiger partial charge in [-0.25, -0.2) is 9.78 Å². The highest BCUT2D eigenvalue weighted by molar-refractivity contribution is 14.0. The van der Waals surface area contributed by atoms with E-state index in [1.807, 2.05) is 20.8 Å². The molecular formula is C21H38IN5O2S. The number of carbonyl (C=O) groups is 1. The Labute approximate surface area is 202 Å². The van der Waals surface area contributed by atoms with Crippen LogP contribution in [0.3, 0.4) is 0 Å². The van der Waals surface area contributed by atoms with E-state index in [9.17, 15) is 4.79 Å². The van der Waals surface area contributed by atoms with Crippen LogP contribution in [-0.2, 0) is 4.74 Å². The molecule has 9 heteroatoms. The van der Waals surface area contributed by atoms with Gasteiger partial charge in [-0.05, 0) is 66.5 Å². The molecule has 0 saturated carbocycles. The van der Waals surface area contributed by atoms with E-state index in [4.69, 9.17) is 4.74 Å². The van der Waals surface area contributed by atoms with Crippen molar-refractivity contribution in [1.29, 1.82) is 0 Å². The van der Waals surface area contributed by atoms with Crippen molar-refractivity contribution in [2.75, 3.05) is 33.3 Å². The predicted molar refractivity (Wildman–Crippen MR) is 135 cm³/mol. The van der Waals surface area contributed by atoms with Gasteiger partial charge in [0.25, 0.3) is 0 Å². The Morgan fingerprint density at radius 3 is 2.83 bits per heavy atom. The standard InChI is InChI=1S/C21H37N5O2S.HI/c1-6-28-20(27)18-16(3)24-19(29-18)17(4)25-21(22-5)23-12-8-10-14-26-13-9-7-11-15(26)2;/h15,17H,6-14H2,1-5H3,(H2,22,23,25);1H. The van der Waals surface area contributed by atoms with Crippen LogP contribution in [0.4, 0.5) is 0 Å². The van der Waals surface area contributed by atoms with Gasteiger partial charge in [-0.15, -0.1) is 35.3 Å². The zero-order valence-electron chi connectivity index (χ0n) is 19.0. The summed E-state index contributed by atoms with van der Waals surface area (Å²) in [5.41, 5.74) is 0.715. The lowest BCUT2D eigenvalue weighted by Gasteiger charge is -2.33. The summed E-state index contributed by atoms with van der Waals surface area (Å²) in [5.74, 6) is 0.459. The Bertz CT molecular complexity index is 682. The van der Waals surface area contributed by atoms with Gasteiger partial charge in [-0.2, -0.15) is 0 Å². The number of hydrogen-bond donors (Lipinski definition) is 2. The Morgan fingerprint density at radius 1 is 1.40 bits per heavy atom. The van der Waals surface area contributed by atoms with Crippen LogP contribution in [0.25, 0.3) is 0 Å². The fraction of sp³-hybridized carbons (Fsp3) is 0.762. The third kappa shape index (κ3) is 8.30. The molecule has 7 nitrogen and oxygen atoms in total. The summed E-state index contributed by atoms with van der Waals surface area (Å²) >= 11 is 1.38. The van der Waals surface area contributed by atoms with E-state index in [-0.39, 0.29) is 36.0 Å². The SMILES string of the molecule is CCOC(=O)c1sc(C(C)NC(=NC)NCCCCN2CCCCC2C)nc1C.I. The predicted octanol–water partition coefficient (Wildman–Crippen LogP) is 4.13. The third-order valence-electron chi connectivity index (χ3n) is 5.33. The second-order valence-corrected chi connectivity index (χ2v) is 8.67. The topological polar surface area (TPSA) is 78.8 Å². The average Bonchev–Trinajstić information content (AvgIpc) is 3.10. The second kappa shape index (κ2) is 14.2. The summed E-state index contributed by atoms with van der Waals surface area (Å²) < 4.78 is 5.10. The number of esters is 1. The summed E-state index contributed by atoms with van der Waals surface area (Å²) in [4.78, 5) is 24.0. The molecule has 0 spiro atoms. The number of guanidine groups is 1. The van der Waals surface area contributed by atoms with Crippen LogP contribution in [0.1, 0.15) is 79.3 Å². The molecule has 1 aliphatic heterocycles. The summed E-state index contributed by atoms with van der Waals surface area (Å²) in [5, 5.41) is 7.61. The molecule has 2 N–H and O–H groups in total. The molecule has 1 aliphatic rings. The maximum atomic E-state index is 12.0. The molecule has 0 aliphatic carbocycles. The molecule has 172 valence electrons. The van der Waals surface area contributed by atoms with Gasteiger partial charge in [0, 0.05) is 19.6 Å². The number of piperidine rings is 1. The van der Waals surface area contributed by atoms with E-state index < -0.39 is 0 Å². The first-order valence-corrected chi connectivity index (χ1v) is 11.6. The van der Waals surface area contributed by atoms with Crippen LogP contribution in [0.15, 0.2) is 4.99 Å². The van der Waals surface area contributed by atoms with E-state index >= 15 is 0 Å². The number of ether oxygens (including phenoxy) is 1. The second-order valence-electron chi connectivity index (χ2n) is 7.64. The number of unbranched alkanes of at least 4 members (excludes halogenated alkanes) is 1. The van der Waals surface area contributed by atoms with E-state index in [0.29, 0.717) is 17.2 Å². The fourth-order valence-electron chi connectivity index (χ4n) is 3.59. The molecule has 0 bridgehead atoms. The number of aromatic nitrogens is 1. The smallest absolute Gasteiger partial charge is 0.350 e. The lowest BCUT2D eigenvalue weighted by molar-refractivity contribution is 0.0531. The summed E-state index contributed by atoms with van der Waals surface area (Å²) in [7, 11) is 1.77. The van der Waals surface area contributed by atoms with Gasteiger partial charge in [0.2, 0.25) is 0 Å². The van der Waals surface area contributed by atoms with Gasteiger partial charge in [0.1, 0.15) is 9.88 Å². The van der Waals surface area contributed by atoms with Crippen molar-refractivity contribution in [2.45, 2.75) is 71.9 Å². The first-order chi connectivity index (χ1) is 14.0. The first-order valence-electron chi connectivity index (χ1n) is 10.8. The Balaban J connectivity index is 0.00000450. The average molecular weight is 552 g/mol. The van der Waals surface area contributed by atoms with Crippen LogP contribution in [0, 0.1) is 6.92 Å². The number of aryl methyl sites for hydroxylation is 1. The minimum absolute atomic E-state index is 0. The van der Waals surface area contributed by atoms with Crippen LogP contribution in [0.5, 0.6) is 0 Å². The van der Waals surface area contributed by atoms with E-state index in [0.717, 1.165) is 30.0 Å². The quantitative estimate of drug-likeness (QED) is 0.158. The largest absolute Gasteiger partial charge is 0.462 e. The lowest BCUT2D eigenvalue weighted by atomic mass is 10.0. The number of halogens is 1. The van der Waals surface area contributed by atoms with Gasteiger partial charge < -0.3 is 20.3 Å². The molecule has 2 atom stereocenters. The maximum Gasteiger partial charge on any atom is 0.350 e. The number of nitrogens with zero attached hydrogens (tertiary/aromatic N) is 3. The van der Waals surface area contributed by atoms with Gasteiger partial charge in [-0.3, -0.25) is 4.99 Å². The van der Waals surface area contributed by atoms with E-state index in [1.165, 1.54) is 50.1 Å². The molecule has 2 unspecified atom stereocenters. The van der Waals surface area contributed by atoms with Gasteiger partial charge in [0.15, 0.2) is 5.96 Å². The molecule has 1 fully saturated rings. The van der Waals surface area contributed by atoms with E-state index in [2.05, 4.69) is 32.4 Å². The van der Waals surface area contributed by atoms with Crippen molar-refractivity contribution < 1.29 is 9.53 Å². The molecule has 2 rings (SSSR count). The van der Waals surface area contributed by atoms with Crippen molar-refractivity contribution in [3.8, 4) is 0 Å². The Kier molecular flexibility index (Phi) is 12.8. The molecule has 0 amide bonds. The molecular weight excluding hydrogens is 513 g/mol. The van der Waals surface area contributed by atoms with Crippen molar-refractivity contribution in [1.82, 2.24) is 20.5 Å². The molecule has 0 radical (unpaired) electrons. The number of rotatable bonds is 9. The fourth-order valence-corrected chi connectivity index (χ4v) is 4.55. The Morgan fingerprint density at radius 2 is 2.17 bits per heavy atom. The highest BCUT2D eigenvalue weighted by Gasteiger charge is 2.20. The van der Waals surface area contributed by atoms with Crippen molar-refractivity contribution in [3.63, 3.8) is 0 Å². The highest BCUT2D eigenvalue weighted by Crippen LogP contribution is 2.24. The summed E-state index contributed by atoms with van der Waals surface area (Å²) in [6.45, 7) is 11.7. The van der Waals surface area contributed by atoms with Gasteiger partial charge in [0.05, 0.1) is 18.3 Å². The van der Waals surface area contributed by atoms with E-state index in [1.54, 1.807) is 7.05 Å². The number of likely N-dealkylation sites (tertiary alicyclic amines) is 1. The minimum atomic E-state index is -0.300. The maximum absolute atomic E-state index is 12.0. The number of nitrogens with one attached hydrogen (secondary N) is 2. The summed E-state index contributed by atoms with van der Waals surface area (Å²) in [6.07, 6.45) is 6.35. The molecule has 2 heterocycles. The first kappa shape index (κ1) is 27.1. The Hall–Kier alpha value is -0.940. The van der Waals surface area contributed by atoms with Crippen LogP contribution >= 0.6 is 35.3 Å². The van der Waals surface area contributed by atoms with Crippen molar-refractivity contribution in [2.24, 2.45) is 4.99 Å². The molecule has 1 aromatic rings. The van der Waals surface area contributed by atoms with Gasteiger partial charge >= 0.3 is 5.97 Å². The summed E-state index contributed by atoms with van der Waals surface area (Å²) in [6, 6.07) is 0.690. The third-order valence-corrected chi connectivity index (χ3v) is 6.65. The zero-order valence-corrected chi connectivity index (χ0v) is 22.1. The zero-order chi connectivity index (χ0) is 21.2. The van der Waals surface area contributed by atoms with Crippen LogP contribution in [-0.4, -0.2) is 61.1 Å². The van der Waals surface area contributed by atoms with Crippen LogP contribution < -0.4 is 10.6 Å². The molecule has 1 saturated heterocycles. The molecule has 30 heavy (non-hydrogen) atoms. The number of thiazole rings is 1. The number of hydrogen-bond acceptors (Lipinski definition) is 6. The van der Waals surface area contributed by atoms with Gasteiger partial charge in [-0.1, -0.05) is 6.42 Å². The van der Waals surface area contributed by atoms with Crippen molar-refractivity contribution in [3.05, 3.63) is 15.6 Å². The number of carbonyl (C=O) groups excluding carboxylic acids is 1. The highest BCUT2D eigenvalue weighted by atomic mass is 127. The van der Waals surface area contributed by atoms with Crippen LogP contribution in [0.2, 0.25) is 0 Å². The van der Waals surface area contributed by atoms with Crippen molar-refractivity contribution >= 4 is 47.2 Å². The molecule has 0 aromatic carbocycles.